The van der Waals surface area contributed by atoms with Crippen molar-refractivity contribution < 1.29 is 9.15 Å². The summed E-state index contributed by atoms with van der Waals surface area (Å²) in [6.45, 7) is 5.70. The number of hydrogen-bond acceptors (Lipinski definition) is 4. The zero-order chi connectivity index (χ0) is 15.9. The molecule has 0 N–H and O–H groups in total. The van der Waals surface area contributed by atoms with Gasteiger partial charge in [0.25, 0.3) is 0 Å². The fourth-order valence-electron chi connectivity index (χ4n) is 3.00. The molecule has 2 aromatic heterocycles. The van der Waals surface area contributed by atoms with E-state index in [9.17, 15) is 0 Å². The van der Waals surface area contributed by atoms with Gasteiger partial charge in [-0.3, -0.25) is 9.88 Å². The van der Waals surface area contributed by atoms with Gasteiger partial charge in [0.15, 0.2) is 0 Å². The maximum absolute atomic E-state index is 5.81. The molecule has 1 saturated heterocycles. The van der Waals surface area contributed by atoms with E-state index < -0.39 is 0 Å². The molecule has 2 aromatic rings. The van der Waals surface area contributed by atoms with Crippen LogP contribution in [0.3, 0.4) is 0 Å². The van der Waals surface area contributed by atoms with Crippen LogP contribution in [0, 0.1) is 0 Å². The van der Waals surface area contributed by atoms with E-state index in [-0.39, 0.29) is 0 Å². The van der Waals surface area contributed by atoms with Gasteiger partial charge in [-0.15, -0.1) is 0 Å². The zero-order valence-electron chi connectivity index (χ0n) is 13.6. The molecule has 0 bridgehead atoms. The van der Waals surface area contributed by atoms with E-state index in [2.05, 4.69) is 29.0 Å². The van der Waals surface area contributed by atoms with Gasteiger partial charge in [0, 0.05) is 32.4 Å². The predicted molar refractivity (Wildman–Crippen MR) is 90.8 cm³/mol. The van der Waals surface area contributed by atoms with E-state index in [1.54, 1.807) is 6.26 Å². The quantitative estimate of drug-likeness (QED) is 0.780. The van der Waals surface area contributed by atoms with Crippen LogP contribution in [0.25, 0.3) is 6.08 Å². The number of hydrogen-bond donors (Lipinski definition) is 0. The second kappa shape index (κ2) is 8.09. The summed E-state index contributed by atoms with van der Waals surface area (Å²) in [6, 6.07) is 9.96. The van der Waals surface area contributed by atoms with Crippen LogP contribution in [-0.2, 0) is 11.3 Å². The van der Waals surface area contributed by atoms with Gasteiger partial charge in [0.2, 0.25) is 0 Å². The lowest BCUT2D eigenvalue weighted by molar-refractivity contribution is 0.0735. The molecular formula is C19H24N2O2. The highest BCUT2D eigenvalue weighted by Gasteiger charge is 2.19. The Bertz CT molecular complexity index is 602. The molecule has 1 aliphatic heterocycles. The average Bonchev–Trinajstić information content (AvgIpc) is 3.22. The molecule has 0 amide bonds. The van der Waals surface area contributed by atoms with Crippen molar-refractivity contribution in [3.8, 4) is 0 Å². The number of aromatic nitrogens is 1. The lowest BCUT2D eigenvalue weighted by Gasteiger charge is -2.25. The summed E-state index contributed by atoms with van der Waals surface area (Å²) in [5.41, 5.74) is 2.37. The summed E-state index contributed by atoms with van der Waals surface area (Å²) in [6.07, 6.45) is 8.32. The molecule has 4 heteroatoms. The number of furan rings is 1. The molecule has 1 unspecified atom stereocenters. The van der Waals surface area contributed by atoms with Crippen LogP contribution >= 0.6 is 0 Å². The molecule has 0 radical (unpaired) electrons. The Morgan fingerprint density at radius 2 is 2.30 bits per heavy atom. The van der Waals surface area contributed by atoms with E-state index in [4.69, 9.17) is 9.15 Å². The maximum atomic E-state index is 5.81. The smallest absolute Gasteiger partial charge is 0.126 e. The number of rotatable bonds is 7. The molecule has 122 valence electrons. The van der Waals surface area contributed by atoms with Crippen molar-refractivity contribution in [3.63, 3.8) is 0 Å². The van der Waals surface area contributed by atoms with Crippen LogP contribution in [0.5, 0.6) is 0 Å². The van der Waals surface area contributed by atoms with Crippen LogP contribution in [0.1, 0.15) is 31.2 Å². The summed E-state index contributed by atoms with van der Waals surface area (Å²) >= 11 is 0. The third-order valence-electron chi connectivity index (χ3n) is 4.00. The summed E-state index contributed by atoms with van der Waals surface area (Å²) in [7, 11) is 0. The van der Waals surface area contributed by atoms with Crippen molar-refractivity contribution in [2.45, 2.75) is 32.4 Å². The fourth-order valence-corrected chi connectivity index (χ4v) is 3.00. The van der Waals surface area contributed by atoms with Crippen LogP contribution in [0.2, 0.25) is 0 Å². The highest BCUT2D eigenvalue weighted by Crippen LogP contribution is 2.16. The molecule has 3 heterocycles. The normalized spacial score (nSPS) is 18.7. The monoisotopic (exact) mass is 312 g/mol. The summed E-state index contributed by atoms with van der Waals surface area (Å²) < 4.78 is 11.2. The van der Waals surface area contributed by atoms with Crippen LogP contribution in [-0.4, -0.2) is 35.7 Å². The summed E-state index contributed by atoms with van der Waals surface area (Å²) in [4.78, 5) is 6.87. The van der Waals surface area contributed by atoms with Gasteiger partial charge < -0.3 is 9.15 Å². The van der Waals surface area contributed by atoms with Crippen molar-refractivity contribution in [3.05, 3.63) is 59.8 Å². The molecule has 1 aliphatic rings. The summed E-state index contributed by atoms with van der Waals surface area (Å²) in [5, 5.41) is 0. The third-order valence-corrected chi connectivity index (χ3v) is 4.00. The predicted octanol–water partition coefficient (Wildman–Crippen LogP) is 3.76. The Morgan fingerprint density at radius 3 is 3.00 bits per heavy atom. The highest BCUT2D eigenvalue weighted by molar-refractivity contribution is 5.46. The minimum absolute atomic E-state index is 0.343. The molecule has 1 atom stereocenters. The van der Waals surface area contributed by atoms with Gasteiger partial charge in [0.05, 0.1) is 18.1 Å². The van der Waals surface area contributed by atoms with Crippen LogP contribution in [0.15, 0.2) is 52.8 Å². The minimum Gasteiger partial charge on any atom is -0.465 e. The second-order valence-corrected chi connectivity index (χ2v) is 6.13. The first-order chi connectivity index (χ1) is 11.3. The average molecular weight is 312 g/mol. The number of pyridine rings is 1. The first kappa shape index (κ1) is 16.0. The van der Waals surface area contributed by atoms with Crippen molar-refractivity contribution >= 4 is 6.08 Å². The van der Waals surface area contributed by atoms with Gasteiger partial charge in [-0.25, -0.2) is 0 Å². The number of ether oxygens (including phenoxy) is 1. The van der Waals surface area contributed by atoms with E-state index >= 15 is 0 Å². The fraction of sp³-hybridized carbons (Fsp3) is 0.421. The molecule has 3 rings (SSSR count). The third kappa shape index (κ3) is 5.05. The van der Waals surface area contributed by atoms with E-state index in [1.165, 1.54) is 12.0 Å². The Labute approximate surface area is 137 Å². The van der Waals surface area contributed by atoms with Gasteiger partial charge in [-0.2, -0.15) is 0 Å². The zero-order valence-corrected chi connectivity index (χ0v) is 13.6. The van der Waals surface area contributed by atoms with Gasteiger partial charge in [-0.05, 0) is 50.1 Å². The van der Waals surface area contributed by atoms with Crippen molar-refractivity contribution in [2.24, 2.45) is 0 Å². The molecule has 23 heavy (non-hydrogen) atoms. The molecule has 0 spiro atoms. The highest BCUT2D eigenvalue weighted by atomic mass is 16.5. The van der Waals surface area contributed by atoms with Gasteiger partial charge >= 0.3 is 0 Å². The minimum atomic E-state index is 0.343. The number of nitrogens with zero attached hydrogens (tertiary/aromatic N) is 2. The van der Waals surface area contributed by atoms with Gasteiger partial charge in [-0.1, -0.05) is 11.6 Å². The largest absolute Gasteiger partial charge is 0.465 e. The first-order valence-corrected chi connectivity index (χ1v) is 8.24. The molecule has 1 fully saturated rings. The van der Waals surface area contributed by atoms with E-state index in [0.717, 1.165) is 44.1 Å². The first-order valence-electron chi connectivity index (χ1n) is 8.24. The van der Waals surface area contributed by atoms with Gasteiger partial charge in [0.1, 0.15) is 5.76 Å². The second-order valence-electron chi connectivity index (χ2n) is 6.13. The molecule has 0 aromatic carbocycles. The SMILES string of the molecule is CC(=Cc1ccco1)CN(Cc1ccccn1)CC1CCCO1. The lowest BCUT2D eigenvalue weighted by atomic mass is 10.2. The lowest BCUT2D eigenvalue weighted by Crippen LogP contribution is -2.33. The Balaban J connectivity index is 1.66. The van der Waals surface area contributed by atoms with E-state index in [1.807, 2.05) is 30.5 Å². The van der Waals surface area contributed by atoms with Crippen LogP contribution in [0.4, 0.5) is 0 Å². The van der Waals surface area contributed by atoms with Crippen molar-refractivity contribution in [1.82, 2.24) is 9.88 Å². The molecule has 0 saturated carbocycles. The Hall–Kier alpha value is -1.91. The Morgan fingerprint density at radius 1 is 1.35 bits per heavy atom. The van der Waals surface area contributed by atoms with Crippen LogP contribution < -0.4 is 0 Å². The summed E-state index contributed by atoms with van der Waals surface area (Å²) in [5.74, 6) is 0.900. The molecule has 4 nitrogen and oxygen atoms in total. The Kier molecular flexibility index (Phi) is 5.61. The molecular weight excluding hydrogens is 288 g/mol. The van der Waals surface area contributed by atoms with Crippen molar-refractivity contribution in [1.29, 1.82) is 0 Å². The van der Waals surface area contributed by atoms with Crippen molar-refractivity contribution in [2.75, 3.05) is 19.7 Å². The standard InChI is InChI=1S/C19H24N2O2/c1-16(12-18-7-4-10-22-18)13-21(15-19-8-5-11-23-19)14-17-6-2-3-9-20-17/h2-4,6-7,9-10,12,19H,5,8,11,13-15H2,1H3. The maximum Gasteiger partial charge on any atom is 0.126 e. The van der Waals surface area contributed by atoms with E-state index in [0.29, 0.717) is 6.10 Å². The molecule has 0 aliphatic carbocycles. The topological polar surface area (TPSA) is 38.5 Å².